The molecule has 0 fully saturated rings. The van der Waals surface area contributed by atoms with E-state index in [-0.39, 0.29) is 0 Å². The summed E-state index contributed by atoms with van der Waals surface area (Å²) >= 11 is 3.52. The van der Waals surface area contributed by atoms with Crippen LogP contribution in [0.2, 0.25) is 0 Å². The lowest BCUT2D eigenvalue weighted by Gasteiger charge is -2.11. The number of aromatic nitrogens is 2. The van der Waals surface area contributed by atoms with Crippen molar-refractivity contribution < 1.29 is 4.74 Å². The molecule has 0 unspecified atom stereocenters. The zero-order valence-corrected chi connectivity index (χ0v) is 14.5. The van der Waals surface area contributed by atoms with E-state index in [4.69, 9.17) is 4.74 Å². The molecule has 4 heteroatoms. The molecule has 0 aliphatic rings. The molecule has 0 aliphatic heterocycles. The fourth-order valence-electron chi connectivity index (χ4n) is 2.63. The van der Waals surface area contributed by atoms with E-state index in [1.54, 1.807) is 0 Å². The molecule has 0 amide bonds. The van der Waals surface area contributed by atoms with Gasteiger partial charge in [0.25, 0.3) is 0 Å². The molecule has 4 rings (SSSR count). The van der Waals surface area contributed by atoms with Crippen LogP contribution in [0.25, 0.3) is 22.4 Å². The summed E-state index contributed by atoms with van der Waals surface area (Å²) in [6.45, 7) is 0.518. The number of ether oxygens (including phenoxy) is 1. The number of hydrogen-bond acceptors (Lipinski definition) is 2. The number of imidazole rings is 1. The van der Waals surface area contributed by atoms with Crippen LogP contribution in [0.5, 0.6) is 5.75 Å². The third-order valence-electron chi connectivity index (χ3n) is 3.83. The number of H-pyrrole nitrogens is 1. The van der Waals surface area contributed by atoms with E-state index in [1.807, 2.05) is 60.7 Å². The monoisotopic (exact) mass is 378 g/mol. The Morgan fingerprint density at radius 2 is 1.71 bits per heavy atom. The van der Waals surface area contributed by atoms with Crippen molar-refractivity contribution in [3.63, 3.8) is 0 Å². The molecule has 1 aromatic heterocycles. The molecular formula is C20H15BrN2O. The molecule has 0 aliphatic carbocycles. The third-order valence-corrected chi connectivity index (χ3v) is 4.32. The smallest absolute Gasteiger partial charge is 0.142 e. The minimum Gasteiger partial charge on any atom is -0.488 e. The van der Waals surface area contributed by atoms with Gasteiger partial charge in [0, 0.05) is 4.47 Å². The van der Waals surface area contributed by atoms with E-state index >= 15 is 0 Å². The number of aromatic amines is 1. The van der Waals surface area contributed by atoms with Gasteiger partial charge < -0.3 is 9.72 Å². The van der Waals surface area contributed by atoms with Crippen LogP contribution in [0.1, 0.15) is 5.56 Å². The number of nitrogens with one attached hydrogen (secondary N) is 1. The second-order valence-electron chi connectivity index (χ2n) is 5.52. The first-order chi connectivity index (χ1) is 11.8. The molecule has 0 saturated carbocycles. The lowest BCUT2D eigenvalue weighted by atomic mass is 10.2. The SMILES string of the molecule is Brc1ccc(-c2nc3ccccc3[nH]2)c(OCc2ccccc2)c1. The van der Waals surface area contributed by atoms with Crippen LogP contribution in [0.15, 0.2) is 77.3 Å². The van der Waals surface area contributed by atoms with Gasteiger partial charge in [0.05, 0.1) is 16.6 Å². The molecule has 0 saturated heterocycles. The minimum absolute atomic E-state index is 0.518. The molecule has 0 spiro atoms. The second kappa shape index (κ2) is 6.49. The predicted octanol–water partition coefficient (Wildman–Crippen LogP) is 5.57. The molecular weight excluding hydrogens is 364 g/mol. The van der Waals surface area contributed by atoms with Crippen molar-refractivity contribution in [3.05, 3.63) is 82.8 Å². The highest BCUT2D eigenvalue weighted by Crippen LogP contribution is 2.32. The largest absolute Gasteiger partial charge is 0.488 e. The van der Waals surface area contributed by atoms with Gasteiger partial charge in [-0.15, -0.1) is 0 Å². The van der Waals surface area contributed by atoms with Gasteiger partial charge in [0.15, 0.2) is 0 Å². The fraction of sp³-hybridized carbons (Fsp3) is 0.0500. The highest BCUT2D eigenvalue weighted by atomic mass is 79.9. The summed E-state index contributed by atoms with van der Waals surface area (Å²) < 4.78 is 7.04. The van der Waals surface area contributed by atoms with Crippen molar-refractivity contribution in [2.24, 2.45) is 0 Å². The van der Waals surface area contributed by atoms with Crippen LogP contribution in [-0.4, -0.2) is 9.97 Å². The standard InChI is InChI=1S/C20H15BrN2O/c21-15-10-11-16(20-22-17-8-4-5-9-18(17)23-20)19(12-15)24-13-14-6-2-1-3-7-14/h1-12H,13H2,(H,22,23). The zero-order chi connectivity index (χ0) is 16.4. The van der Waals surface area contributed by atoms with Crippen LogP contribution < -0.4 is 4.74 Å². The van der Waals surface area contributed by atoms with Gasteiger partial charge in [-0.05, 0) is 35.9 Å². The fourth-order valence-corrected chi connectivity index (χ4v) is 2.97. The van der Waals surface area contributed by atoms with Gasteiger partial charge in [0.1, 0.15) is 18.2 Å². The molecule has 0 radical (unpaired) electrons. The first-order valence-corrected chi connectivity index (χ1v) is 8.50. The Morgan fingerprint density at radius 3 is 2.54 bits per heavy atom. The number of fused-ring (bicyclic) bond motifs is 1. The van der Waals surface area contributed by atoms with Gasteiger partial charge in [-0.3, -0.25) is 0 Å². The summed E-state index contributed by atoms with van der Waals surface area (Å²) in [5, 5.41) is 0. The summed E-state index contributed by atoms with van der Waals surface area (Å²) in [6, 6.07) is 24.1. The normalized spacial score (nSPS) is 10.9. The molecule has 118 valence electrons. The predicted molar refractivity (Wildman–Crippen MR) is 100 cm³/mol. The Bertz CT molecular complexity index is 946. The van der Waals surface area contributed by atoms with E-state index < -0.39 is 0 Å². The Morgan fingerprint density at radius 1 is 0.917 bits per heavy atom. The summed E-state index contributed by atoms with van der Waals surface area (Å²) in [7, 11) is 0. The van der Waals surface area contributed by atoms with Gasteiger partial charge in [-0.2, -0.15) is 0 Å². The average molecular weight is 379 g/mol. The zero-order valence-electron chi connectivity index (χ0n) is 12.9. The van der Waals surface area contributed by atoms with Crippen molar-refractivity contribution in [2.45, 2.75) is 6.61 Å². The van der Waals surface area contributed by atoms with Crippen molar-refractivity contribution in [1.82, 2.24) is 9.97 Å². The maximum Gasteiger partial charge on any atom is 0.142 e. The summed E-state index contributed by atoms with van der Waals surface area (Å²) in [5.41, 5.74) is 4.05. The maximum atomic E-state index is 6.06. The van der Waals surface area contributed by atoms with Crippen LogP contribution in [0.3, 0.4) is 0 Å². The minimum atomic E-state index is 0.518. The molecule has 1 N–H and O–H groups in total. The van der Waals surface area contributed by atoms with E-state index in [9.17, 15) is 0 Å². The Kier molecular flexibility index (Phi) is 4.05. The van der Waals surface area contributed by atoms with Crippen LogP contribution >= 0.6 is 15.9 Å². The molecule has 3 aromatic carbocycles. The number of para-hydroxylation sites is 2. The summed E-state index contributed by atoms with van der Waals surface area (Å²) in [6.07, 6.45) is 0. The van der Waals surface area contributed by atoms with Crippen LogP contribution in [0, 0.1) is 0 Å². The number of hydrogen-bond donors (Lipinski definition) is 1. The molecule has 24 heavy (non-hydrogen) atoms. The molecule has 3 nitrogen and oxygen atoms in total. The second-order valence-corrected chi connectivity index (χ2v) is 6.43. The Balaban J connectivity index is 1.70. The van der Waals surface area contributed by atoms with Gasteiger partial charge in [-0.25, -0.2) is 4.98 Å². The summed E-state index contributed by atoms with van der Waals surface area (Å²) in [5.74, 6) is 1.61. The number of benzene rings is 3. The number of halogens is 1. The van der Waals surface area contributed by atoms with Crippen molar-refractivity contribution in [2.75, 3.05) is 0 Å². The van der Waals surface area contributed by atoms with E-state index in [0.717, 1.165) is 38.2 Å². The van der Waals surface area contributed by atoms with E-state index in [2.05, 4.69) is 38.0 Å². The third kappa shape index (κ3) is 3.05. The van der Waals surface area contributed by atoms with Gasteiger partial charge in [-0.1, -0.05) is 58.4 Å². The van der Waals surface area contributed by atoms with Crippen molar-refractivity contribution >= 4 is 27.0 Å². The Hall–Kier alpha value is -2.59. The maximum absolute atomic E-state index is 6.06. The average Bonchev–Trinajstić information content (AvgIpc) is 3.05. The first-order valence-electron chi connectivity index (χ1n) is 7.71. The molecule has 0 atom stereocenters. The lowest BCUT2D eigenvalue weighted by molar-refractivity contribution is 0.307. The number of rotatable bonds is 4. The number of nitrogens with zero attached hydrogens (tertiary/aromatic N) is 1. The van der Waals surface area contributed by atoms with Crippen LogP contribution in [0.4, 0.5) is 0 Å². The summed E-state index contributed by atoms with van der Waals surface area (Å²) in [4.78, 5) is 8.04. The van der Waals surface area contributed by atoms with Crippen molar-refractivity contribution in [3.8, 4) is 17.1 Å². The molecule has 4 aromatic rings. The Labute approximate surface area is 148 Å². The van der Waals surface area contributed by atoms with E-state index in [0.29, 0.717) is 6.61 Å². The lowest BCUT2D eigenvalue weighted by Crippen LogP contribution is -1.97. The quantitative estimate of drug-likeness (QED) is 0.503. The highest BCUT2D eigenvalue weighted by molar-refractivity contribution is 9.10. The first kappa shape index (κ1) is 15.0. The van der Waals surface area contributed by atoms with Crippen molar-refractivity contribution in [1.29, 1.82) is 0 Å². The topological polar surface area (TPSA) is 37.9 Å². The van der Waals surface area contributed by atoms with Crippen LogP contribution in [-0.2, 0) is 6.61 Å². The highest BCUT2D eigenvalue weighted by Gasteiger charge is 2.12. The molecule has 1 heterocycles. The molecule has 0 bridgehead atoms. The van der Waals surface area contributed by atoms with Gasteiger partial charge in [0.2, 0.25) is 0 Å². The van der Waals surface area contributed by atoms with E-state index in [1.165, 1.54) is 0 Å². The van der Waals surface area contributed by atoms with Gasteiger partial charge >= 0.3 is 0 Å².